The number of halogens is 1. The highest BCUT2D eigenvalue weighted by molar-refractivity contribution is 9.10. The number of aryl methyl sites for hydroxylation is 1. The van der Waals surface area contributed by atoms with Gasteiger partial charge in [-0.2, -0.15) is 0 Å². The van der Waals surface area contributed by atoms with Crippen molar-refractivity contribution in [1.82, 2.24) is 0 Å². The molecule has 3 rings (SSSR count). The van der Waals surface area contributed by atoms with Crippen molar-refractivity contribution in [3.63, 3.8) is 0 Å². The van der Waals surface area contributed by atoms with Gasteiger partial charge in [-0.05, 0) is 42.9 Å². The summed E-state index contributed by atoms with van der Waals surface area (Å²) in [6.45, 7) is 3.11. The summed E-state index contributed by atoms with van der Waals surface area (Å²) in [5.74, 6) is 1.23. The van der Waals surface area contributed by atoms with Gasteiger partial charge in [0.2, 0.25) is 0 Å². The summed E-state index contributed by atoms with van der Waals surface area (Å²) in [5, 5.41) is 4.52. The van der Waals surface area contributed by atoms with E-state index in [-0.39, 0.29) is 0 Å². The lowest BCUT2D eigenvalue weighted by Crippen LogP contribution is -2.30. The first-order valence-electron chi connectivity index (χ1n) is 6.87. The molecule has 0 saturated heterocycles. The Balaban J connectivity index is 1.67. The average Bonchev–Trinajstić information content (AvgIpc) is 2.86. The molecule has 0 amide bonds. The first kappa shape index (κ1) is 13.5. The van der Waals surface area contributed by atoms with Gasteiger partial charge in [-0.3, -0.25) is 4.99 Å². The van der Waals surface area contributed by atoms with Crippen molar-refractivity contribution < 1.29 is 0 Å². The van der Waals surface area contributed by atoms with Gasteiger partial charge in [-0.25, -0.2) is 0 Å². The van der Waals surface area contributed by atoms with Crippen LogP contribution in [0.4, 0.5) is 5.69 Å². The number of anilines is 1. The van der Waals surface area contributed by atoms with Gasteiger partial charge in [0.1, 0.15) is 0 Å². The number of amidine groups is 1. The van der Waals surface area contributed by atoms with Crippen LogP contribution in [-0.2, 0) is 0 Å². The smallest absolute Gasteiger partial charge is 0.161 e. The summed E-state index contributed by atoms with van der Waals surface area (Å²) in [7, 11) is 0. The van der Waals surface area contributed by atoms with Crippen molar-refractivity contribution in [3.05, 3.63) is 28.2 Å². The van der Waals surface area contributed by atoms with Crippen LogP contribution in [0.15, 0.2) is 27.7 Å². The van der Waals surface area contributed by atoms with Gasteiger partial charge in [0.25, 0.3) is 0 Å². The standard InChI is InChI=1S/C15H19BrN2S/c1-11-4-5-12(8-13(11)16)18-14-17-9-15(10-19-14)6-2-3-7-15/h4-5,8H,2-3,6-7,9-10H2,1H3,(H,17,18). The Morgan fingerprint density at radius 2 is 2.11 bits per heavy atom. The van der Waals surface area contributed by atoms with E-state index in [2.05, 4.69) is 46.4 Å². The molecule has 1 aliphatic carbocycles. The first-order valence-corrected chi connectivity index (χ1v) is 8.65. The summed E-state index contributed by atoms with van der Waals surface area (Å²) >= 11 is 5.46. The molecule has 0 bridgehead atoms. The first-order chi connectivity index (χ1) is 9.17. The molecule has 2 nitrogen and oxygen atoms in total. The zero-order chi connectivity index (χ0) is 13.3. The quantitative estimate of drug-likeness (QED) is 0.792. The molecular weight excluding hydrogens is 320 g/mol. The maximum atomic E-state index is 4.77. The highest BCUT2D eigenvalue weighted by Crippen LogP contribution is 2.43. The molecule has 0 unspecified atom stereocenters. The van der Waals surface area contributed by atoms with Crippen LogP contribution in [0, 0.1) is 12.3 Å². The van der Waals surface area contributed by atoms with Crippen LogP contribution in [0.1, 0.15) is 31.2 Å². The van der Waals surface area contributed by atoms with Gasteiger partial charge in [-0.15, -0.1) is 0 Å². The van der Waals surface area contributed by atoms with Gasteiger partial charge in [0, 0.05) is 22.5 Å². The van der Waals surface area contributed by atoms with Crippen molar-refractivity contribution in [3.8, 4) is 0 Å². The maximum absolute atomic E-state index is 4.77. The molecule has 1 heterocycles. The third-order valence-electron chi connectivity index (χ3n) is 4.16. The van der Waals surface area contributed by atoms with Gasteiger partial charge in [0.05, 0.1) is 0 Å². The predicted molar refractivity (Wildman–Crippen MR) is 88.2 cm³/mol. The maximum Gasteiger partial charge on any atom is 0.161 e. The van der Waals surface area contributed by atoms with Crippen LogP contribution in [0.3, 0.4) is 0 Å². The third kappa shape index (κ3) is 3.00. The zero-order valence-corrected chi connectivity index (χ0v) is 13.6. The number of nitrogens with zero attached hydrogens (tertiary/aromatic N) is 1. The molecule has 1 aromatic rings. The Morgan fingerprint density at radius 1 is 1.32 bits per heavy atom. The average molecular weight is 339 g/mol. The van der Waals surface area contributed by atoms with E-state index in [1.165, 1.54) is 37.0 Å². The molecule has 1 N–H and O–H groups in total. The van der Waals surface area contributed by atoms with E-state index in [1.807, 2.05) is 11.8 Å². The Kier molecular flexibility index (Phi) is 3.90. The van der Waals surface area contributed by atoms with E-state index in [0.29, 0.717) is 5.41 Å². The molecular formula is C15H19BrN2S. The Morgan fingerprint density at radius 3 is 2.74 bits per heavy atom. The Bertz CT molecular complexity index is 507. The zero-order valence-electron chi connectivity index (χ0n) is 11.2. The van der Waals surface area contributed by atoms with Crippen molar-refractivity contribution >= 4 is 38.5 Å². The molecule has 4 heteroatoms. The molecule has 1 aromatic carbocycles. The highest BCUT2D eigenvalue weighted by atomic mass is 79.9. The lowest BCUT2D eigenvalue weighted by molar-refractivity contribution is 0.359. The van der Waals surface area contributed by atoms with Crippen molar-refractivity contribution in [2.24, 2.45) is 10.4 Å². The van der Waals surface area contributed by atoms with E-state index in [0.717, 1.165) is 21.9 Å². The van der Waals surface area contributed by atoms with Crippen LogP contribution in [0.25, 0.3) is 0 Å². The predicted octanol–water partition coefficient (Wildman–Crippen LogP) is 4.83. The van der Waals surface area contributed by atoms with Crippen molar-refractivity contribution in [2.45, 2.75) is 32.6 Å². The lowest BCUT2D eigenvalue weighted by Gasteiger charge is -2.31. The van der Waals surface area contributed by atoms with Crippen LogP contribution in [0.5, 0.6) is 0 Å². The summed E-state index contributed by atoms with van der Waals surface area (Å²) in [5.41, 5.74) is 2.89. The number of thioether (sulfide) groups is 1. The summed E-state index contributed by atoms with van der Waals surface area (Å²) in [6, 6.07) is 6.36. The molecule has 19 heavy (non-hydrogen) atoms. The summed E-state index contributed by atoms with van der Waals surface area (Å²) < 4.78 is 1.14. The molecule has 0 atom stereocenters. The van der Waals surface area contributed by atoms with Gasteiger partial charge in [0.15, 0.2) is 5.17 Å². The van der Waals surface area contributed by atoms with Crippen molar-refractivity contribution in [1.29, 1.82) is 0 Å². The number of aliphatic imine (C=N–C) groups is 1. The van der Waals surface area contributed by atoms with Crippen LogP contribution >= 0.6 is 27.7 Å². The molecule has 1 aliphatic heterocycles. The number of rotatable bonds is 1. The third-order valence-corrected chi connectivity index (χ3v) is 6.28. The fraction of sp³-hybridized carbons (Fsp3) is 0.533. The second-order valence-electron chi connectivity index (χ2n) is 5.71. The molecule has 1 fully saturated rings. The number of hydrogen-bond acceptors (Lipinski definition) is 3. The van der Waals surface area contributed by atoms with Gasteiger partial charge < -0.3 is 5.32 Å². The molecule has 0 aromatic heterocycles. The second kappa shape index (κ2) is 5.49. The highest BCUT2D eigenvalue weighted by Gasteiger charge is 2.36. The van der Waals surface area contributed by atoms with Gasteiger partial charge >= 0.3 is 0 Å². The van der Waals surface area contributed by atoms with Crippen molar-refractivity contribution in [2.75, 3.05) is 17.6 Å². The second-order valence-corrected chi connectivity index (χ2v) is 7.52. The minimum Gasteiger partial charge on any atom is -0.335 e. The summed E-state index contributed by atoms with van der Waals surface area (Å²) in [6.07, 6.45) is 5.52. The topological polar surface area (TPSA) is 24.4 Å². The molecule has 0 radical (unpaired) electrons. The number of nitrogens with one attached hydrogen (secondary N) is 1. The van der Waals surface area contributed by atoms with E-state index < -0.39 is 0 Å². The van der Waals surface area contributed by atoms with Crippen LogP contribution < -0.4 is 5.32 Å². The molecule has 1 spiro atoms. The van der Waals surface area contributed by atoms with Crippen LogP contribution in [-0.4, -0.2) is 17.5 Å². The van der Waals surface area contributed by atoms with E-state index in [4.69, 9.17) is 4.99 Å². The number of hydrogen-bond donors (Lipinski definition) is 1. The fourth-order valence-corrected chi connectivity index (χ4v) is 4.40. The minimum absolute atomic E-state index is 0.518. The number of benzene rings is 1. The van der Waals surface area contributed by atoms with E-state index >= 15 is 0 Å². The summed E-state index contributed by atoms with van der Waals surface area (Å²) in [4.78, 5) is 4.77. The minimum atomic E-state index is 0.518. The SMILES string of the molecule is Cc1ccc(NC2=NCC3(CCCC3)CS2)cc1Br. The van der Waals surface area contributed by atoms with E-state index in [9.17, 15) is 0 Å². The Labute approximate surface area is 127 Å². The Hall–Kier alpha value is -0.480. The molecule has 102 valence electrons. The van der Waals surface area contributed by atoms with Gasteiger partial charge in [-0.1, -0.05) is 46.6 Å². The molecule has 2 aliphatic rings. The van der Waals surface area contributed by atoms with Crippen LogP contribution in [0.2, 0.25) is 0 Å². The van der Waals surface area contributed by atoms with E-state index in [1.54, 1.807) is 0 Å². The lowest BCUT2D eigenvalue weighted by atomic mass is 9.89. The largest absolute Gasteiger partial charge is 0.335 e. The monoisotopic (exact) mass is 338 g/mol. The fourth-order valence-electron chi connectivity index (χ4n) is 2.85. The normalized spacial score (nSPS) is 21.5. The molecule has 1 saturated carbocycles.